The molecule has 1 aromatic heterocycles. The number of carbonyl (C=O) groups is 1. The van der Waals surface area contributed by atoms with Gasteiger partial charge in [0.1, 0.15) is 12.9 Å². The summed E-state index contributed by atoms with van der Waals surface area (Å²) in [5.74, 6) is 0.0680. The molecule has 0 fully saturated rings. The van der Waals surface area contributed by atoms with Crippen LogP contribution in [-0.4, -0.2) is 21.0 Å². The quantitative estimate of drug-likeness (QED) is 0.473. The fraction of sp³-hybridized carbons (Fsp3) is 0.231. The second-order valence-electron chi connectivity index (χ2n) is 4.29. The normalized spacial score (nSPS) is 10.3. The largest absolute Gasteiger partial charge is 0.480 e. The first-order valence-electron chi connectivity index (χ1n) is 5.87. The van der Waals surface area contributed by atoms with Gasteiger partial charge in [-0.15, -0.1) is 0 Å². The van der Waals surface area contributed by atoms with Crippen molar-refractivity contribution in [2.45, 2.75) is 13.5 Å². The van der Waals surface area contributed by atoms with Crippen LogP contribution < -0.4 is 4.74 Å². The first kappa shape index (κ1) is 13.7. The third kappa shape index (κ3) is 2.82. The van der Waals surface area contributed by atoms with E-state index in [0.29, 0.717) is 11.8 Å². The zero-order chi connectivity index (χ0) is 14.7. The molecule has 0 spiro atoms. The summed E-state index contributed by atoms with van der Waals surface area (Å²) in [6, 6.07) is 5.82. The fourth-order valence-corrected chi connectivity index (χ4v) is 1.82. The van der Waals surface area contributed by atoms with Gasteiger partial charge in [-0.3, -0.25) is 19.6 Å². The molecule has 7 heteroatoms. The maximum Gasteiger partial charge on any atom is 0.310 e. The van der Waals surface area contributed by atoms with Gasteiger partial charge in [0.25, 0.3) is 0 Å². The lowest BCUT2D eigenvalue weighted by molar-refractivity contribution is -0.386. The van der Waals surface area contributed by atoms with Crippen molar-refractivity contribution in [3.8, 4) is 5.75 Å². The number of nitro groups is 1. The highest BCUT2D eigenvalue weighted by atomic mass is 16.6. The maximum absolute atomic E-state index is 10.9. The Bertz CT molecular complexity index is 664. The topological polar surface area (TPSA) is 87.3 Å². The molecule has 0 bridgehead atoms. The van der Waals surface area contributed by atoms with Gasteiger partial charge in [-0.25, -0.2) is 0 Å². The molecular formula is C13H13N3O4. The maximum atomic E-state index is 10.9. The van der Waals surface area contributed by atoms with Crippen molar-refractivity contribution in [3.63, 3.8) is 0 Å². The molecule has 0 atom stereocenters. The fourth-order valence-electron chi connectivity index (χ4n) is 1.82. The molecule has 0 radical (unpaired) electrons. The Balaban J connectivity index is 2.25. The van der Waals surface area contributed by atoms with Crippen molar-refractivity contribution < 1.29 is 14.5 Å². The van der Waals surface area contributed by atoms with E-state index in [4.69, 9.17) is 4.74 Å². The average molecular weight is 275 g/mol. The number of aldehydes is 1. The smallest absolute Gasteiger partial charge is 0.310 e. The zero-order valence-corrected chi connectivity index (χ0v) is 11.1. The molecule has 0 aliphatic heterocycles. The van der Waals surface area contributed by atoms with Crippen LogP contribution in [0.5, 0.6) is 5.75 Å². The van der Waals surface area contributed by atoms with E-state index in [1.807, 2.05) is 13.0 Å². The van der Waals surface area contributed by atoms with Gasteiger partial charge in [0.15, 0.2) is 5.75 Å². The van der Waals surface area contributed by atoms with Gasteiger partial charge in [-0.2, -0.15) is 5.10 Å². The average Bonchev–Trinajstić information content (AvgIpc) is 2.74. The number of ether oxygens (including phenoxy) is 1. The lowest BCUT2D eigenvalue weighted by atomic mass is 10.2. The van der Waals surface area contributed by atoms with Crippen molar-refractivity contribution in [1.29, 1.82) is 0 Å². The van der Waals surface area contributed by atoms with E-state index in [9.17, 15) is 14.9 Å². The van der Waals surface area contributed by atoms with Gasteiger partial charge >= 0.3 is 5.69 Å². The summed E-state index contributed by atoms with van der Waals surface area (Å²) < 4.78 is 7.10. The van der Waals surface area contributed by atoms with Crippen LogP contribution in [0.1, 0.15) is 21.7 Å². The number of benzene rings is 1. The summed E-state index contributed by atoms with van der Waals surface area (Å²) in [5, 5.41) is 15.1. The minimum absolute atomic E-state index is 0.0680. The Morgan fingerprint density at radius 2 is 2.20 bits per heavy atom. The highest BCUT2D eigenvalue weighted by molar-refractivity contribution is 5.76. The second kappa shape index (κ2) is 5.52. The Morgan fingerprint density at radius 1 is 1.45 bits per heavy atom. The minimum atomic E-state index is -0.543. The van der Waals surface area contributed by atoms with Crippen LogP contribution >= 0.6 is 0 Å². The molecule has 7 nitrogen and oxygen atoms in total. The molecule has 0 saturated carbocycles. The van der Waals surface area contributed by atoms with E-state index in [1.54, 1.807) is 11.7 Å². The predicted molar refractivity (Wildman–Crippen MR) is 70.8 cm³/mol. The first-order chi connectivity index (χ1) is 9.51. The molecule has 2 aromatic rings. The summed E-state index contributed by atoms with van der Waals surface area (Å²) in [6.45, 7) is 1.99. The van der Waals surface area contributed by atoms with Crippen LogP contribution in [-0.2, 0) is 13.7 Å². The highest BCUT2D eigenvalue weighted by Crippen LogP contribution is 2.28. The van der Waals surface area contributed by atoms with Crippen molar-refractivity contribution in [1.82, 2.24) is 9.78 Å². The standard InChI is InChI=1S/C13H13N3O4/c1-9-5-11(15(2)14-9)8-20-13-6-10(7-17)3-4-12(13)16(18)19/h3-7H,8H2,1-2H3. The van der Waals surface area contributed by atoms with Gasteiger partial charge in [0.05, 0.1) is 16.3 Å². The number of carbonyl (C=O) groups excluding carboxylic acids is 1. The Hall–Kier alpha value is -2.70. The van der Waals surface area contributed by atoms with E-state index in [0.717, 1.165) is 11.4 Å². The molecule has 104 valence electrons. The minimum Gasteiger partial charge on any atom is -0.480 e. The monoisotopic (exact) mass is 275 g/mol. The van der Waals surface area contributed by atoms with Crippen LogP contribution in [0, 0.1) is 17.0 Å². The SMILES string of the molecule is Cc1cc(COc2cc(C=O)ccc2[N+](=O)[O-])n(C)n1. The van der Waals surface area contributed by atoms with E-state index < -0.39 is 4.92 Å². The molecule has 0 amide bonds. The van der Waals surface area contributed by atoms with Gasteiger partial charge in [0, 0.05) is 18.7 Å². The van der Waals surface area contributed by atoms with Crippen LogP contribution in [0.4, 0.5) is 5.69 Å². The molecule has 0 N–H and O–H groups in total. The molecule has 20 heavy (non-hydrogen) atoms. The molecule has 1 heterocycles. The molecule has 0 saturated heterocycles. The van der Waals surface area contributed by atoms with Gasteiger partial charge in [0.2, 0.25) is 0 Å². The number of nitrogens with zero attached hydrogens (tertiary/aromatic N) is 3. The number of aryl methyl sites for hydroxylation is 2. The number of rotatable bonds is 5. The summed E-state index contributed by atoms with van der Waals surface area (Å²) in [6.07, 6.45) is 0.616. The van der Waals surface area contributed by atoms with Crippen LogP contribution in [0.3, 0.4) is 0 Å². The number of hydrogen-bond acceptors (Lipinski definition) is 5. The predicted octanol–water partition coefficient (Wildman–Crippen LogP) is 2.03. The summed E-state index contributed by atoms with van der Waals surface area (Å²) in [5.41, 5.74) is 1.77. The van der Waals surface area contributed by atoms with Crippen molar-refractivity contribution in [3.05, 3.63) is 51.3 Å². The first-order valence-corrected chi connectivity index (χ1v) is 5.87. The third-order valence-electron chi connectivity index (χ3n) is 2.79. The highest BCUT2D eigenvalue weighted by Gasteiger charge is 2.16. The third-order valence-corrected chi connectivity index (χ3v) is 2.79. The van der Waals surface area contributed by atoms with Gasteiger partial charge in [-0.05, 0) is 25.1 Å². The van der Waals surface area contributed by atoms with Gasteiger partial charge < -0.3 is 4.74 Å². The Kier molecular flexibility index (Phi) is 3.79. The second-order valence-corrected chi connectivity index (χ2v) is 4.29. The molecular weight excluding hydrogens is 262 g/mol. The summed E-state index contributed by atoms with van der Waals surface area (Å²) in [4.78, 5) is 21.1. The van der Waals surface area contributed by atoms with E-state index in [1.165, 1.54) is 18.2 Å². The van der Waals surface area contributed by atoms with Crippen molar-refractivity contribution >= 4 is 12.0 Å². The molecule has 2 rings (SSSR count). The van der Waals surface area contributed by atoms with Crippen LogP contribution in [0.15, 0.2) is 24.3 Å². The number of nitro benzene ring substituents is 1. The van der Waals surface area contributed by atoms with Crippen LogP contribution in [0.2, 0.25) is 0 Å². The van der Waals surface area contributed by atoms with E-state index in [-0.39, 0.29) is 18.0 Å². The molecule has 0 aliphatic rings. The van der Waals surface area contributed by atoms with Crippen molar-refractivity contribution in [2.24, 2.45) is 7.05 Å². The van der Waals surface area contributed by atoms with E-state index >= 15 is 0 Å². The van der Waals surface area contributed by atoms with Gasteiger partial charge in [-0.1, -0.05) is 0 Å². The van der Waals surface area contributed by atoms with Crippen molar-refractivity contribution in [2.75, 3.05) is 0 Å². The molecule has 0 unspecified atom stereocenters. The molecule has 1 aromatic carbocycles. The van der Waals surface area contributed by atoms with Crippen LogP contribution in [0.25, 0.3) is 0 Å². The van der Waals surface area contributed by atoms with E-state index in [2.05, 4.69) is 5.10 Å². The Labute approximate surface area is 114 Å². The number of aromatic nitrogens is 2. The lowest BCUT2D eigenvalue weighted by Gasteiger charge is -2.07. The Morgan fingerprint density at radius 3 is 2.75 bits per heavy atom. The summed E-state index contributed by atoms with van der Waals surface area (Å²) >= 11 is 0. The molecule has 0 aliphatic carbocycles. The lowest BCUT2D eigenvalue weighted by Crippen LogP contribution is -2.04. The zero-order valence-electron chi connectivity index (χ0n) is 11.1. The number of hydrogen-bond donors (Lipinski definition) is 0. The summed E-state index contributed by atoms with van der Waals surface area (Å²) in [7, 11) is 1.77.